The molecule has 0 aromatic heterocycles. The minimum Gasteiger partial charge on any atom is -0.242 e. The third kappa shape index (κ3) is 4.24. The summed E-state index contributed by atoms with van der Waals surface area (Å²) < 4.78 is 0. The molecule has 0 unspecified atom stereocenters. The molecule has 0 radical (unpaired) electrons. The van der Waals surface area contributed by atoms with Gasteiger partial charge in [0.15, 0.2) is 0 Å². The van der Waals surface area contributed by atoms with E-state index in [1.54, 1.807) is 0 Å². The summed E-state index contributed by atoms with van der Waals surface area (Å²) >= 11 is 0. The second-order valence-electron chi connectivity index (χ2n) is 0.864. The molecule has 0 rings (SSSR count). The van der Waals surface area contributed by atoms with E-state index in [9.17, 15) is 9.59 Å². The van der Waals surface area contributed by atoms with Gasteiger partial charge in [-0.3, -0.25) is 0 Å². The molecule has 5 heteroatoms. The molecule has 0 aliphatic heterocycles. The van der Waals surface area contributed by atoms with E-state index < -0.39 is 5.97 Å². The predicted molar refractivity (Wildman–Crippen MR) is 25.5 cm³/mol. The van der Waals surface area contributed by atoms with Crippen molar-refractivity contribution >= 4 is 12.0 Å². The standard InChI is InChI=1S/C4H3NO4/c1-2-4(7)8-9-5-3-6/h2H,1H2. The Kier molecular flexibility index (Phi) is 3.73. The second kappa shape index (κ2) is 4.55. The van der Waals surface area contributed by atoms with Gasteiger partial charge in [-0.05, 0) is 0 Å². The summed E-state index contributed by atoms with van der Waals surface area (Å²) in [5, 5.41) is 2.46. The minimum absolute atomic E-state index is 0.825. The molecular formula is C4H3NO4. The van der Waals surface area contributed by atoms with Gasteiger partial charge in [0.05, 0.1) is 5.16 Å². The SMILES string of the molecule is C=CC(=O)OON=C=O. The van der Waals surface area contributed by atoms with Crippen molar-refractivity contribution in [3.63, 3.8) is 0 Å². The van der Waals surface area contributed by atoms with Crippen molar-refractivity contribution in [3.8, 4) is 0 Å². The molecule has 0 fully saturated rings. The van der Waals surface area contributed by atoms with Crippen LogP contribution in [0.5, 0.6) is 0 Å². The number of carbonyl (C=O) groups excluding carboxylic acids is 2. The van der Waals surface area contributed by atoms with Crippen LogP contribution in [0.3, 0.4) is 0 Å². The molecule has 0 N–H and O–H groups in total. The van der Waals surface area contributed by atoms with E-state index in [1.807, 2.05) is 0 Å². The first-order chi connectivity index (χ1) is 4.31. The highest BCUT2D eigenvalue weighted by Crippen LogP contribution is 1.79. The molecule has 48 valence electrons. The largest absolute Gasteiger partial charge is 0.381 e. The molecule has 5 nitrogen and oxygen atoms in total. The van der Waals surface area contributed by atoms with Crippen LogP contribution in [0.4, 0.5) is 0 Å². The molecule has 0 heterocycles. The highest BCUT2D eigenvalue weighted by Gasteiger charge is 1.92. The topological polar surface area (TPSA) is 65.0 Å². The molecule has 0 aromatic rings. The zero-order valence-electron chi connectivity index (χ0n) is 4.36. The number of hydrogen-bond donors (Lipinski definition) is 0. The lowest BCUT2D eigenvalue weighted by Crippen LogP contribution is -1.96. The lowest BCUT2D eigenvalue weighted by atomic mass is 10.7. The summed E-state index contributed by atoms with van der Waals surface area (Å²) in [6.07, 6.45) is 1.85. The zero-order valence-corrected chi connectivity index (χ0v) is 4.36. The summed E-state index contributed by atoms with van der Waals surface area (Å²) in [5.41, 5.74) is 0. The Labute approximate surface area is 50.5 Å². The maximum Gasteiger partial charge on any atom is 0.381 e. The van der Waals surface area contributed by atoms with E-state index in [0.29, 0.717) is 0 Å². The predicted octanol–water partition coefficient (Wildman–Crippen LogP) is -0.102. The molecule has 9 heavy (non-hydrogen) atoms. The minimum atomic E-state index is -0.825. The molecular weight excluding hydrogens is 126 g/mol. The molecule has 0 saturated carbocycles. The quantitative estimate of drug-likeness (QED) is 0.175. The van der Waals surface area contributed by atoms with Gasteiger partial charge in [0.1, 0.15) is 0 Å². The van der Waals surface area contributed by atoms with E-state index in [4.69, 9.17) is 0 Å². The van der Waals surface area contributed by atoms with Gasteiger partial charge in [-0.1, -0.05) is 6.58 Å². The van der Waals surface area contributed by atoms with Gasteiger partial charge in [-0.15, -0.1) is 0 Å². The number of rotatable bonds is 3. The van der Waals surface area contributed by atoms with Gasteiger partial charge in [0, 0.05) is 6.08 Å². The Morgan fingerprint density at radius 3 is 2.89 bits per heavy atom. The van der Waals surface area contributed by atoms with Gasteiger partial charge in [0.2, 0.25) is 0 Å². The van der Waals surface area contributed by atoms with Crippen LogP contribution < -0.4 is 0 Å². The highest BCUT2D eigenvalue weighted by atomic mass is 17.3. The van der Waals surface area contributed by atoms with Crippen LogP contribution in [0.2, 0.25) is 0 Å². The van der Waals surface area contributed by atoms with Crippen LogP contribution >= 0.6 is 0 Å². The molecule has 0 spiro atoms. The summed E-state index contributed by atoms with van der Waals surface area (Å²) in [6, 6.07) is 0. The fourth-order valence-corrected chi connectivity index (χ4v) is 0.105. The molecule has 0 atom stereocenters. The molecule has 0 aliphatic rings. The van der Waals surface area contributed by atoms with Crippen LogP contribution in [-0.4, -0.2) is 12.0 Å². The summed E-state index contributed by atoms with van der Waals surface area (Å²) in [5.74, 6) is -0.825. The van der Waals surface area contributed by atoms with Crippen molar-refractivity contribution < 1.29 is 19.5 Å². The lowest BCUT2D eigenvalue weighted by Gasteiger charge is -1.87. The van der Waals surface area contributed by atoms with Gasteiger partial charge >= 0.3 is 5.97 Å². The van der Waals surface area contributed by atoms with Crippen molar-refractivity contribution in [1.82, 2.24) is 0 Å². The Hall–Kier alpha value is -1.61. The van der Waals surface area contributed by atoms with Gasteiger partial charge in [-0.2, -0.15) is 4.99 Å². The van der Waals surface area contributed by atoms with Crippen molar-refractivity contribution in [2.45, 2.75) is 0 Å². The number of hydrogen-bond acceptors (Lipinski definition) is 5. The van der Waals surface area contributed by atoms with Crippen LogP contribution in [0.25, 0.3) is 0 Å². The summed E-state index contributed by atoms with van der Waals surface area (Å²) in [7, 11) is 0. The first kappa shape index (κ1) is 7.39. The molecule has 0 aromatic carbocycles. The maximum absolute atomic E-state index is 10.0. The van der Waals surface area contributed by atoms with E-state index >= 15 is 0 Å². The van der Waals surface area contributed by atoms with Gasteiger partial charge in [-0.25, -0.2) is 14.5 Å². The summed E-state index contributed by atoms with van der Waals surface area (Å²) in [4.78, 5) is 26.6. The Bertz CT molecular complexity index is 158. The molecule has 0 amide bonds. The fourth-order valence-electron chi connectivity index (χ4n) is 0.105. The normalized spacial score (nSPS) is 6.67. The van der Waals surface area contributed by atoms with E-state index in [-0.39, 0.29) is 0 Å². The monoisotopic (exact) mass is 129 g/mol. The van der Waals surface area contributed by atoms with Gasteiger partial charge in [0.25, 0.3) is 6.08 Å². The highest BCUT2D eigenvalue weighted by molar-refractivity contribution is 5.80. The van der Waals surface area contributed by atoms with Crippen molar-refractivity contribution in [1.29, 1.82) is 0 Å². The van der Waals surface area contributed by atoms with E-state index in [2.05, 4.69) is 21.6 Å². The third-order valence-electron chi connectivity index (χ3n) is 0.361. The van der Waals surface area contributed by atoms with Crippen molar-refractivity contribution in [2.75, 3.05) is 0 Å². The molecule has 0 aliphatic carbocycles. The molecule has 0 bridgehead atoms. The Morgan fingerprint density at radius 1 is 1.78 bits per heavy atom. The molecule has 0 saturated heterocycles. The second-order valence-corrected chi connectivity index (χ2v) is 0.864. The van der Waals surface area contributed by atoms with E-state index in [1.165, 1.54) is 0 Å². The smallest absolute Gasteiger partial charge is 0.242 e. The third-order valence-corrected chi connectivity index (χ3v) is 0.361. The van der Waals surface area contributed by atoms with Crippen molar-refractivity contribution in [2.24, 2.45) is 5.16 Å². The van der Waals surface area contributed by atoms with Crippen LogP contribution in [0.1, 0.15) is 0 Å². The zero-order chi connectivity index (χ0) is 7.11. The fraction of sp³-hybridized carbons (Fsp3) is 0. The first-order valence-corrected chi connectivity index (χ1v) is 1.88. The number of isocyanates is 1. The lowest BCUT2D eigenvalue weighted by molar-refractivity contribution is -0.267. The Morgan fingerprint density at radius 2 is 2.44 bits per heavy atom. The average Bonchev–Trinajstić information content (AvgIpc) is 1.89. The Balaban J connectivity index is 3.38. The van der Waals surface area contributed by atoms with Crippen LogP contribution in [-0.2, 0) is 19.5 Å². The van der Waals surface area contributed by atoms with Crippen LogP contribution in [0.15, 0.2) is 17.8 Å². The average molecular weight is 129 g/mol. The number of carbonyl (C=O) groups is 1. The summed E-state index contributed by atoms with van der Waals surface area (Å²) in [6.45, 7) is 3.04. The van der Waals surface area contributed by atoms with Crippen molar-refractivity contribution in [3.05, 3.63) is 12.7 Å². The van der Waals surface area contributed by atoms with E-state index in [0.717, 1.165) is 12.2 Å². The van der Waals surface area contributed by atoms with Gasteiger partial charge < -0.3 is 0 Å². The maximum atomic E-state index is 10.0. The first-order valence-electron chi connectivity index (χ1n) is 1.88. The van der Waals surface area contributed by atoms with Crippen LogP contribution in [0, 0.1) is 0 Å². The number of nitrogens with zero attached hydrogens (tertiary/aromatic N) is 1.